The van der Waals surface area contributed by atoms with Gasteiger partial charge in [-0.05, 0) is 50.2 Å². The van der Waals surface area contributed by atoms with E-state index >= 15 is 0 Å². The molecule has 5 rings (SSSR count). The van der Waals surface area contributed by atoms with Crippen LogP contribution in [0.1, 0.15) is 26.6 Å². The minimum absolute atomic E-state index is 0.744. The highest BCUT2D eigenvalue weighted by Gasteiger charge is 2.49. The molecule has 37 heavy (non-hydrogen) atoms. The topological polar surface area (TPSA) is 47.1 Å². The molecule has 4 aromatic rings. The van der Waals surface area contributed by atoms with E-state index in [2.05, 4.69) is 59.2 Å². The first-order valence-electron chi connectivity index (χ1n) is 12.2. The van der Waals surface area contributed by atoms with Crippen LogP contribution in [-0.2, 0) is 5.60 Å². The standard InChI is InChI=1S/C30H33N3O3S/c1-18-9-12-26-24(13-18)28-29(37-19(2)31-28)30(36-26,20-14-22(33(5)6)16-23(15-20)34-7)25-11-10-21(32(3)4)17-27(25)35-8/h9-17H,1-8H3. The van der Waals surface area contributed by atoms with E-state index in [1.165, 1.54) is 0 Å². The van der Waals surface area contributed by atoms with Gasteiger partial charge in [0.25, 0.3) is 0 Å². The van der Waals surface area contributed by atoms with Crippen LogP contribution in [0.5, 0.6) is 17.2 Å². The summed E-state index contributed by atoms with van der Waals surface area (Å²) >= 11 is 1.66. The van der Waals surface area contributed by atoms with Crippen molar-refractivity contribution in [1.82, 2.24) is 4.98 Å². The van der Waals surface area contributed by atoms with Crippen molar-refractivity contribution in [3.05, 3.63) is 81.2 Å². The largest absolute Gasteiger partial charge is 0.497 e. The molecule has 0 N–H and O–H groups in total. The molecular formula is C30H33N3O3S. The van der Waals surface area contributed by atoms with Crippen molar-refractivity contribution in [2.75, 3.05) is 52.2 Å². The van der Waals surface area contributed by atoms with Crippen molar-refractivity contribution >= 4 is 22.7 Å². The van der Waals surface area contributed by atoms with Crippen LogP contribution in [0.4, 0.5) is 11.4 Å². The van der Waals surface area contributed by atoms with E-state index in [0.29, 0.717) is 0 Å². The lowest BCUT2D eigenvalue weighted by Crippen LogP contribution is -2.38. The highest BCUT2D eigenvalue weighted by Crippen LogP contribution is 2.56. The number of thiazole rings is 1. The number of anilines is 2. The highest BCUT2D eigenvalue weighted by molar-refractivity contribution is 7.12. The predicted molar refractivity (Wildman–Crippen MR) is 152 cm³/mol. The van der Waals surface area contributed by atoms with Crippen molar-refractivity contribution in [3.63, 3.8) is 0 Å². The zero-order valence-electron chi connectivity index (χ0n) is 22.7. The Balaban J connectivity index is 1.91. The zero-order valence-corrected chi connectivity index (χ0v) is 23.5. The maximum absolute atomic E-state index is 7.17. The first kappa shape index (κ1) is 25.0. The number of fused-ring (bicyclic) bond motifs is 3. The van der Waals surface area contributed by atoms with Crippen LogP contribution in [0.2, 0.25) is 0 Å². The molecule has 2 heterocycles. The van der Waals surface area contributed by atoms with Gasteiger partial charge in [-0.2, -0.15) is 0 Å². The van der Waals surface area contributed by atoms with E-state index in [1.807, 2.05) is 47.2 Å². The number of nitrogens with zero attached hydrogens (tertiary/aromatic N) is 3. The number of aryl methyl sites for hydroxylation is 2. The van der Waals surface area contributed by atoms with Gasteiger partial charge in [-0.25, -0.2) is 4.98 Å². The summed E-state index contributed by atoms with van der Waals surface area (Å²) in [6.07, 6.45) is 0. The second-order valence-electron chi connectivity index (χ2n) is 9.79. The fraction of sp³-hybridized carbons (Fsp3) is 0.300. The maximum Gasteiger partial charge on any atom is 0.199 e. The summed E-state index contributed by atoms with van der Waals surface area (Å²) < 4.78 is 19.0. The zero-order chi connectivity index (χ0) is 26.5. The second kappa shape index (κ2) is 9.30. The van der Waals surface area contributed by atoms with Crippen LogP contribution in [0, 0.1) is 13.8 Å². The Morgan fingerprint density at radius 2 is 1.59 bits per heavy atom. The van der Waals surface area contributed by atoms with E-state index in [9.17, 15) is 0 Å². The van der Waals surface area contributed by atoms with Crippen molar-refractivity contribution in [2.24, 2.45) is 0 Å². The first-order valence-corrected chi connectivity index (χ1v) is 13.0. The third-order valence-electron chi connectivity index (χ3n) is 6.84. The molecule has 0 amide bonds. The molecule has 1 aliphatic rings. The van der Waals surface area contributed by atoms with Crippen molar-refractivity contribution < 1.29 is 14.2 Å². The van der Waals surface area contributed by atoms with Crippen LogP contribution < -0.4 is 24.0 Å². The summed E-state index contributed by atoms with van der Waals surface area (Å²) in [7, 11) is 11.5. The number of hydrogen-bond acceptors (Lipinski definition) is 7. The number of ether oxygens (including phenoxy) is 3. The van der Waals surface area contributed by atoms with Gasteiger partial charge in [0.2, 0.25) is 0 Å². The molecule has 1 aromatic heterocycles. The van der Waals surface area contributed by atoms with Gasteiger partial charge in [0, 0.05) is 68.4 Å². The first-order chi connectivity index (χ1) is 17.7. The predicted octanol–water partition coefficient (Wildman–Crippen LogP) is 6.26. The Morgan fingerprint density at radius 3 is 2.27 bits per heavy atom. The van der Waals surface area contributed by atoms with Gasteiger partial charge in [0.05, 0.1) is 29.8 Å². The molecule has 0 radical (unpaired) electrons. The lowest BCUT2D eigenvalue weighted by atomic mass is 9.80. The third-order valence-corrected chi connectivity index (χ3v) is 7.91. The molecule has 0 aliphatic carbocycles. The van der Waals surface area contributed by atoms with Gasteiger partial charge in [-0.3, -0.25) is 0 Å². The average Bonchev–Trinajstić information content (AvgIpc) is 3.29. The highest BCUT2D eigenvalue weighted by atomic mass is 32.1. The molecule has 7 heteroatoms. The quantitative estimate of drug-likeness (QED) is 0.302. The summed E-state index contributed by atoms with van der Waals surface area (Å²) in [5.74, 6) is 2.29. The van der Waals surface area contributed by atoms with Crippen LogP contribution in [0.25, 0.3) is 11.3 Å². The molecule has 3 aromatic carbocycles. The lowest BCUT2D eigenvalue weighted by molar-refractivity contribution is 0.151. The third kappa shape index (κ3) is 4.07. The van der Waals surface area contributed by atoms with Crippen LogP contribution in [-0.4, -0.2) is 47.4 Å². The van der Waals surface area contributed by atoms with Gasteiger partial charge in [-0.15, -0.1) is 11.3 Å². The number of methoxy groups -OCH3 is 2. The molecule has 0 bridgehead atoms. The smallest absolute Gasteiger partial charge is 0.199 e. The van der Waals surface area contributed by atoms with Gasteiger partial charge in [0.15, 0.2) is 5.60 Å². The second-order valence-corrected chi connectivity index (χ2v) is 11.0. The summed E-state index contributed by atoms with van der Waals surface area (Å²) in [5.41, 5.74) is 6.03. The molecule has 0 fully saturated rings. The molecule has 0 saturated heterocycles. The monoisotopic (exact) mass is 515 g/mol. The molecule has 192 valence electrons. The molecule has 6 nitrogen and oxygen atoms in total. The number of benzene rings is 3. The van der Waals surface area contributed by atoms with E-state index in [0.717, 1.165) is 66.5 Å². The Bertz CT molecular complexity index is 1480. The van der Waals surface area contributed by atoms with Gasteiger partial charge >= 0.3 is 0 Å². The maximum atomic E-state index is 7.17. The minimum Gasteiger partial charge on any atom is -0.497 e. The molecule has 0 saturated carbocycles. The summed E-state index contributed by atoms with van der Waals surface area (Å²) in [4.78, 5) is 10.2. The molecule has 1 unspecified atom stereocenters. The summed E-state index contributed by atoms with van der Waals surface area (Å²) in [6.45, 7) is 4.14. The Kier molecular flexibility index (Phi) is 6.28. The van der Waals surface area contributed by atoms with Crippen molar-refractivity contribution in [3.8, 4) is 28.5 Å². The van der Waals surface area contributed by atoms with Crippen molar-refractivity contribution in [1.29, 1.82) is 0 Å². The average molecular weight is 516 g/mol. The van der Waals surface area contributed by atoms with Gasteiger partial charge in [0.1, 0.15) is 17.2 Å². The Morgan fingerprint density at radius 1 is 0.838 bits per heavy atom. The summed E-state index contributed by atoms with van der Waals surface area (Å²) in [5, 5.41) is 0.979. The van der Waals surface area contributed by atoms with E-state index in [1.54, 1.807) is 25.6 Å². The molecule has 1 aliphatic heterocycles. The number of hydrogen-bond donors (Lipinski definition) is 0. The van der Waals surface area contributed by atoms with Gasteiger partial charge < -0.3 is 24.0 Å². The van der Waals surface area contributed by atoms with E-state index < -0.39 is 5.60 Å². The Hall–Kier alpha value is -3.71. The van der Waals surface area contributed by atoms with Crippen LogP contribution in [0.15, 0.2) is 54.6 Å². The Labute approximate surface area is 223 Å². The fourth-order valence-corrected chi connectivity index (χ4v) is 6.01. The lowest BCUT2D eigenvalue weighted by Gasteiger charge is -2.40. The van der Waals surface area contributed by atoms with Gasteiger partial charge in [-0.1, -0.05) is 11.6 Å². The number of aromatic nitrogens is 1. The molecule has 1 atom stereocenters. The minimum atomic E-state index is -1.00. The van der Waals surface area contributed by atoms with Crippen molar-refractivity contribution in [2.45, 2.75) is 19.4 Å². The fourth-order valence-electron chi connectivity index (χ4n) is 4.91. The van der Waals surface area contributed by atoms with E-state index in [-0.39, 0.29) is 0 Å². The number of rotatable bonds is 6. The van der Waals surface area contributed by atoms with Crippen LogP contribution >= 0.6 is 11.3 Å². The van der Waals surface area contributed by atoms with E-state index in [4.69, 9.17) is 19.2 Å². The SMILES string of the molecule is COc1cc(N(C)C)cc(C2(c3ccc(N(C)C)cc3OC)Oc3ccc(C)cc3-c3nc(C)sc32)c1. The molecule has 0 spiro atoms. The molecular weight excluding hydrogens is 482 g/mol. The normalized spacial score (nSPS) is 15.9. The van der Waals surface area contributed by atoms with Crippen LogP contribution in [0.3, 0.4) is 0 Å². The summed E-state index contributed by atoms with van der Waals surface area (Å²) in [6, 6.07) is 18.8.